The summed E-state index contributed by atoms with van der Waals surface area (Å²) in [5.74, 6) is -0.624. The van der Waals surface area contributed by atoms with Crippen LogP contribution in [0.3, 0.4) is 0 Å². The van der Waals surface area contributed by atoms with Crippen molar-refractivity contribution in [2.75, 3.05) is 6.54 Å². The number of hydroxylamine groups is 2. The maximum absolute atomic E-state index is 12.9. The Hall–Kier alpha value is -1.80. The number of nitrogens with zero attached hydrogens (tertiary/aromatic N) is 1. The van der Waals surface area contributed by atoms with Gasteiger partial charge in [-0.3, -0.25) is 9.63 Å². The number of ketones is 1. The molecular weight excluding hydrogens is 438 g/mol. The molecule has 7 heteroatoms. The molecule has 2 N–H and O–H groups in total. The molecule has 0 amide bonds. The third-order valence-electron chi connectivity index (χ3n) is 9.80. The van der Waals surface area contributed by atoms with E-state index in [2.05, 4.69) is 12.3 Å². The van der Waals surface area contributed by atoms with Gasteiger partial charge >= 0.3 is 5.97 Å². The first kappa shape index (κ1) is 21.7. The van der Waals surface area contributed by atoms with Crippen LogP contribution < -0.4 is 0 Å². The second-order valence-corrected chi connectivity index (χ2v) is 12.0. The molecular formula is C26H31NO5S. The molecule has 4 aliphatic carbocycles. The molecule has 1 aliphatic heterocycles. The second kappa shape index (κ2) is 7.11. The molecule has 3 saturated carbocycles. The van der Waals surface area contributed by atoms with E-state index in [0.717, 1.165) is 30.4 Å². The van der Waals surface area contributed by atoms with Crippen molar-refractivity contribution in [2.24, 2.45) is 34.5 Å². The number of carboxylic acids is 1. The van der Waals surface area contributed by atoms with Crippen LogP contribution in [0.15, 0.2) is 40.6 Å². The fourth-order valence-corrected chi connectivity index (χ4v) is 9.14. The number of aliphatic hydroxyl groups excluding tert-OH is 1. The Bertz CT molecular complexity index is 1060. The summed E-state index contributed by atoms with van der Waals surface area (Å²) in [4.78, 5) is 31.3. The van der Waals surface area contributed by atoms with Gasteiger partial charge in [-0.05, 0) is 72.1 Å². The van der Waals surface area contributed by atoms with E-state index in [4.69, 9.17) is 4.84 Å². The van der Waals surface area contributed by atoms with Crippen molar-refractivity contribution in [1.29, 1.82) is 0 Å². The minimum Gasteiger partial charge on any atom is -0.479 e. The summed E-state index contributed by atoms with van der Waals surface area (Å²) in [5, 5.41) is 28.1. The summed E-state index contributed by atoms with van der Waals surface area (Å²) < 4.78 is 0. The minimum atomic E-state index is -1.31. The largest absolute Gasteiger partial charge is 0.479 e. The zero-order valence-corrected chi connectivity index (χ0v) is 19.9. The van der Waals surface area contributed by atoms with Crippen LogP contribution in [-0.2, 0) is 21.0 Å². The van der Waals surface area contributed by atoms with E-state index in [9.17, 15) is 19.8 Å². The number of rotatable bonds is 3. The fraction of sp³-hybridized carbons (Fsp3) is 0.615. The van der Waals surface area contributed by atoms with Crippen LogP contribution >= 0.6 is 11.3 Å². The number of hydrogen-bond donors (Lipinski definition) is 2. The SMILES string of the molecule is C[C@]12C=CC(=O)C=C1CC[C@@H]1[C@@H]2[C@@H](O)C[C@@]2(C)[C@H]1C[C@H]1CN(Cc3ccsc3)O[C@]12C(=O)O. The predicted octanol–water partition coefficient (Wildman–Crippen LogP) is 3.82. The van der Waals surface area contributed by atoms with E-state index >= 15 is 0 Å². The summed E-state index contributed by atoms with van der Waals surface area (Å²) in [5.41, 5.74) is -0.0708. The van der Waals surface area contributed by atoms with Gasteiger partial charge in [0.15, 0.2) is 11.4 Å². The van der Waals surface area contributed by atoms with Crippen LogP contribution in [-0.4, -0.2) is 45.3 Å². The van der Waals surface area contributed by atoms with Gasteiger partial charge in [-0.1, -0.05) is 25.5 Å². The summed E-state index contributed by atoms with van der Waals surface area (Å²) in [7, 11) is 0. The molecule has 8 atom stereocenters. The van der Waals surface area contributed by atoms with Gasteiger partial charge in [-0.15, -0.1) is 0 Å². The Morgan fingerprint density at radius 3 is 2.91 bits per heavy atom. The predicted molar refractivity (Wildman–Crippen MR) is 123 cm³/mol. The van der Waals surface area contributed by atoms with E-state index in [0.29, 0.717) is 19.5 Å². The second-order valence-electron chi connectivity index (χ2n) is 11.2. The molecule has 176 valence electrons. The lowest BCUT2D eigenvalue weighted by Crippen LogP contribution is -2.62. The van der Waals surface area contributed by atoms with Crippen molar-refractivity contribution in [1.82, 2.24) is 5.06 Å². The number of thiophene rings is 1. The Morgan fingerprint density at radius 2 is 2.18 bits per heavy atom. The fourth-order valence-electron chi connectivity index (χ4n) is 8.48. The first-order chi connectivity index (χ1) is 15.7. The van der Waals surface area contributed by atoms with E-state index in [1.807, 2.05) is 29.5 Å². The van der Waals surface area contributed by atoms with Gasteiger partial charge in [-0.2, -0.15) is 16.4 Å². The van der Waals surface area contributed by atoms with Crippen molar-refractivity contribution >= 4 is 23.1 Å². The quantitative estimate of drug-likeness (QED) is 0.700. The third-order valence-corrected chi connectivity index (χ3v) is 10.5. The minimum absolute atomic E-state index is 0.00786. The molecule has 1 saturated heterocycles. The molecule has 4 fully saturated rings. The summed E-state index contributed by atoms with van der Waals surface area (Å²) in [6, 6.07) is 2.05. The van der Waals surface area contributed by atoms with Crippen molar-refractivity contribution in [2.45, 2.75) is 57.8 Å². The highest BCUT2D eigenvalue weighted by atomic mass is 32.1. The molecule has 0 radical (unpaired) electrons. The van der Waals surface area contributed by atoms with Crippen molar-refractivity contribution in [3.8, 4) is 0 Å². The zero-order valence-electron chi connectivity index (χ0n) is 19.1. The molecule has 6 rings (SSSR count). The Morgan fingerprint density at radius 1 is 1.36 bits per heavy atom. The van der Waals surface area contributed by atoms with Gasteiger partial charge in [0.25, 0.3) is 0 Å². The number of hydrogen-bond acceptors (Lipinski definition) is 6. The summed E-state index contributed by atoms with van der Waals surface area (Å²) in [6.45, 7) is 5.37. The lowest BCUT2D eigenvalue weighted by atomic mass is 9.46. The highest BCUT2D eigenvalue weighted by Crippen LogP contribution is 2.70. The zero-order chi connectivity index (χ0) is 23.2. The van der Waals surface area contributed by atoms with Crippen molar-refractivity contribution in [3.05, 3.63) is 46.2 Å². The first-order valence-electron chi connectivity index (χ1n) is 12.0. The first-order valence-corrected chi connectivity index (χ1v) is 12.9. The van der Waals surface area contributed by atoms with Gasteiger partial charge < -0.3 is 10.2 Å². The molecule has 0 aromatic carbocycles. The average molecular weight is 470 g/mol. The Labute approximate surface area is 197 Å². The maximum atomic E-state index is 12.9. The number of carboxylic acid groups (broad SMARTS) is 1. The molecule has 0 spiro atoms. The molecule has 0 bridgehead atoms. The van der Waals surface area contributed by atoms with Crippen LogP contribution in [0.2, 0.25) is 0 Å². The van der Waals surface area contributed by atoms with Crippen LogP contribution in [0.5, 0.6) is 0 Å². The standard InChI is InChI=1S/C26H31NO5S/c1-24-7-5-18(28)9-16(24)3-4-19-20-10-17-13-27(12-15-6-8-33-14-15)32-26(17,23(30)31)25(20,2)11-21(29)22(19)24/h5-9,14,17,19-22,29H,3-4,10-13H2,1-2H3,(H,30,31)/t17-,19-,20-,21-,22+,24-,25-,26-/m0/s1. The normalized spacial score (nSPS) is 46.3. The average Bonchev–Trinajstić information content (AvgIpc) is 3.44. The van der Waals surface area contributed by atoms with Crippen molar-refractivity contribution < 1.29 is 24.6 Å². The van der Waals surface area contributed by atoms with Crippen LogP contribution in [0, 0.1) is 34.5 Å². The number of aliphatic hydroxyl groups is 1. The van der Waals surface area contributed by atoms with Crippen LogP contribution in [0.1, 0.15) is 45.1 Å². The highest BCUT2D eigenvalue weighted by Gasteiger charge is 2.76. The van der Waals surface area contributed by atoms with Crippen molar-refractivity contribution in [3.63, 3.8) is 0 Å². The number of carbonyl (C=O) groups is 2. The summed E-state index contributed by atoms with van der Waals surface area (Å²) in [6.07, 6.45) is 7.65. The smallest absolute Gasteiger partial charge is 0.339 e. The maximum Gasteiger partial charge on any atom is 0.339 e. The van der Waals surface area contributed by atoms with Crippen LogP contribution in [0.4, 0.5) is 0 Å². The number of aliphatic carboxylic acids is 1. The molecule has 2 heterocycles. The van der Waals surface area contributed by atoms with E-state index in [-0.39, 0.29) is 34.9 Å². The Balaban J connectivity index is 1.36. The molecule has 0 unspecified atom stereocenters. The Kier molecular flexibility index (Phi) is 4.68. The van der Waals surface area contributed by atoms with Gasteiger partial charge in [-0.25, -0.2) is 4.79 Å². The molecule has 6 nitrogen and oxygen atoms in total. The van der Waals surface area contributed by atoms with E-state index < -0.39 is 23.1 Å². The number of fused-ring (bicyclic) bond motifs is 7. The van der Waals surface area contributed by atoms with Gasteiger partial charge in [0.05, 0.1) is 6.10 Å². The molecule has 5 aliphatic rings. The topological polar surface area (TPSA) is 87.1 Å². The molecule has 1 aromatic heterocycles. The molecule has 33 heavy (non-hydrogen) atoms. The molecule has 1 aromatic rings. The van der Waals surface area contributed by atoms with Gasteiger partial charge in [0, 0.05) is 35.8 Å². The number of carbonyl (C=O) groups excluding carboxylic acids is 1. The van der Waals surface area contributed by atoms with Gasteiger partial charge in [0.2, 0.25) is 0 Å². The third kappa shape index (κ3) is 2.76. The van der Waals surface area contributed by atoms with Crippen LogP contribution in [0.25, 0.3) is 0 Å². The number of allylic oxidation sites excluding steroid dienone is 4. The lowest BCUT2D eigenvalue weighted by Gasteiger charge is -2.59. The summed E-state index contributed by atoms with van der Waals surface area (Å²) >= 11 is 1.63. The lowest BCUT2D eigenvalue weighted by molar-refractivity contribution is -0.262. The van der Waals surface area contributed by atoms with E-state index in [1.165, 1.54) is 0 Å². The monoisotopic (exact) mass is 469 g/mol. The van der Waals surface area contributed by atoms with E-state index in [1.54, 1.807) is 23.5 Å². The highest BCUT2D eigenvalue weighted by molar-refractivity contribution is 7.07. The van der Waals surface area contributed by atoms with Gasteiger partial charge in [0.1, 0.15) is 0 Å².